The summed E-state index contributed by atoms with van der Waals surface area (Å²) < 4.78 is 27.6. The van der Waals surface area contributed by atoms with Crippen molar-refractivity contribution in [2.45, 2.75) is 11.3 Å². The van der Waals surface area contributed by atoms with Crippen LogP contribution in [-0.4, -0.2) is 20.3 Å². The lowest BCUT2D eigenvalue weighted by atomic mass is 10.4. The van der Waals surface area contributed by atoms with Crippen molar-refractivity contribution in [2.75, 3.05) is 11.9 Å². The lowest BCUT2D eigenvalue weighted by molar-refractivity contribution is 0.580. The fourth-order valence-electron chi connectivity index (χ4n) is 1.03. The van der Waals surface area contributed by atoms with Crippen LogP contribution in [0.15, 0.2) is 32.0 Å². The van der Waals surface area contributed by atoms with Crippen molar-refractivity contribution in [2.24, 2.45) is 0 Å². The number of rotatable bonds is 5. The number of halogens is 3. The quantitative estimate of drug-likeness (QED) is 0.570. The average Bonchev–Trinajstić information content (AvgIpc) is 2.22. The summed E-state index contributed by atoms with van der Waals surface area (Å²) >= 11 is 9.72. The van der Waals surface area contributed by atoms with Crippen LogP contribution in [0.2, 0.25) is 0 Å². The van der Waals surface area contributed by atoms with Crippen molar-refractivity contribution in [1.29, 1.82) is 0 Å². The Labute approximate surface area is 120 Å². The second kappa shape index (κ2) is 6.49. The molecule has 0 saturated heterocycles. The van der Waals surface area contributed by atoms with Gasteiger partial charge in [0.1, 0.15) is 0 Å². The van der Waals surface area contributed by atoms with Crippen LogP contribution in [0.3, 0.4) is 0 Å². The number of sulfonamides is 1. The minimum atomic E-state index is -3.43. The molecule has 1 rings (SSSR count). The van der Waals surface area contributed by atoms with Crippen molar-refractivity contribution in [3.05, 3.63) is 27.1 Å². The molecule has 0 amide bonds. The normalized spacial score (nSPS) is 11.7. The van der Waals surface area contributed by atoms with E-state index in [-0.39, 0.29) is 4.90 Å². The van der Waals surface area contributed by atoms with Gasteiger partial charge in [0, 0.05) is 20.8 Å². The van der Waals surface area contributed by atoms with E-state index in [0.717, 1.165) is 16.2 Å². The lowest BCUT2D eigenvalue weighted by Gasteiger charge is -2.08. The van der Waals surface area contributed by atoms with Gasteiger partial charge in [-0.25, -0.2) is 13.1 Å². The molecule has 3 nitrogen and oxygen atoms in total. The van der Waals surface area contributed by atoms with E-state index >= 15 is 0 Å². The van der Waals surface area contributed by atoms with Crippen LogP contribution in [-0.2, 0) is 10.0 Å². The maximum atomic E-state index is 11.9. The molecule has 0 aliphatic rings. The average molecular weight is 436 g/mol. The maximum Gasteiger partial charge on any atom is 0.241 e. The third-order valence-electron chi connectivity index (χ3n) is 1.79. The standard InChI is InChI=1S/C9H10Br3NO2S/c10-4-1-5-13-16(14,15)9-6-7(11)2-3-8(9)12/h2-3,6,13H,1,4-5H2. The summed E-state index contributed by atoms with van der Waals surface area (Å²) in [4.78, 5) is 0.247. The summed E-state index contributed by atoms with van der Waals surface area (Å²) in [6.45, 7) is 0.423. The summed E-state index contributed by atoms with van der Waals surface area (Å²) in [6.07, 6.45) is 0.755. The van der Waals surface area contributed by atoms with Crippen molar-refractivity contribution < 1.29 is 8.42 Å². The molecule has 0 spiro atoms. The van der Waals surface area contributed by atoms with Crippen LogP contribution in [0, 0.1) is 0 Å². The maximum absolute atomic E-state index is 11.9. The third-order valence-corrected chi connectivity index (χ3v) is 5.29. The molecule has 0 aromatic heterocycles. The first-order chi connectivity index (χ1) is 7.47. The van der Waals surface area contributed by atoms with E-state index in [1.807, 2.05) is 0 Å². The van der Waals surface area contributed by atoms with Crippen molar-refractivity contribution in [1.82, 2.24) is 4.72 Å². The first-order valence-electron chi connectivity index (χ1n) is 4.48. The highest BCUT2D eigenvalue weighted by Crippen LogP contribution is 2.25. The van der Waals surface area contributed by atoms with Gasteiger partial charge in [0.25, 0.3) is 0 Å². The number of nitrogens with one attached hydrogen (secondary N) is 1. The fourth-order valence-corrected chi connectivity index (χ4v) is 3.89. The van der Waals surface area contributed by atoms with E-state index in [4.69, 9.17) is 0 Å². The Hall–Kier alpha value is 0.570. The van der Waals surface area contributed by atoms with Crippen LogP contribution >= 0.6 is 47.8 Å². The molecule has 0 atom stereocenters. The van der Waals surface area contributed by atoms with Crippen LogP contribution in [0.25, 0.3) is 0 Å². The monoisotopic (exact) mass is 433 g/mol. The zero-order valence-corrected chi connectivity index (χ0v) is 13.8. The van der Waals surface area contributed by atoms with Gasteiger partial charge in [0.2, 0.25) is 10.0 Å². The molecule has 0 aliphatic heterocycles. The Morgan fingerprint density at radius 2 is 1.94 bits per heavy atom. The van der Waals surface area contributed by atoms with Gasteiger partial charge in [0.15, 0.2) is 0 Å². The summed E-state index contributed by atoms with van der Waals surface area (Å²) in [7, 11) is -3.43. The Morgan fingerprint density at radius 3 is 2.56 bits per heavy atom. The van der Waals surface area contributed by atoms with E-state index < -0.39 is 10.0 Å². The highest BCUT2D eigenvalue weighted by molar-refractivity contribution is 9.11. The minimum Gasteiger partial charge on any atom is -0.211 e. The lowest BCUT2D eigenvalue weighted by Crippen LogP contribution is -2.25. The Morgan fingerprint density at radius 1 is 1.25 bits per heavy atom. The van der Waals surface area contributed by atoms with Crippen molar-refractivity contribution in [3.8, 4) is 0 Å². The molecule has 7 heteroatoms. The SMILES string of the molecule is O=S(=O)(NCCCBr)c1cc(Br)ccc1Br. The third kappa shape index (κ3) is 4.10. The Balaban J connectivity index is 2.93. The number of hydrogen-bond donors (Lipinski definition) is 1. The van der Waals surface area contributed by atoms with E-state index in [1.54, 1.807) is 18.2 Å². The predicted molar refractivity (Wildman–Crippen MR) is 75.4 cm³/mol. The van der Waals surface area contributed by atoms with Crippen LogP contribution < -0.4 is 4.72 Å². The van der Waals surface area contributed by atoms with Gasteiger partial charge >= 0.3 is 0 Å². The first-order valence-corrected chi connectivity index (χ1v) is 8.67. The molecule has 90 valence electrons. The van der Waals surface area contributed by atoms with Gasteiger partial charge in [-0.15, -0.1) is 0 Å². The molecule has 1 aromatic rings. The number of alkyl halides is 1. The van der Waals surface area contributed by atoms with Gasteiger partial charge in [-0.1, -0.05) is 31.9 Å². The van der Waals surface area contributed by atoms with E-state index in [1.165, 1.54) is 0 Å². The van der Waals surface area contributed by atoms with Crippen LogP contribution in [0.5, 0.6) is 0 Å². The molecular weight excluding hydrogens is 426 g/mol. The molecule has 0 unspecified atom stereocenters. The predicted octanol–water partition coefficient (Wildman–Crippen LogP) is 3.27. The molecule has 1 N–H and O–H groups in total. The van der Waals surface area contributed by atoms with Crippen molar-refractivity contribution >= 4 is 57.8 Å². The van der Waals surface area contributed by atoms with Gasteiger partial charge < -0.3 is 0 Å². The number of benzene rings is 1. The second-order valence-electron chi connectivity index (χ2n) is 3.02. The molecule has 0 fully saturated rings. The first kappa shape index (κ1) is 14.6. The molecule has 0 radical (unpaired) electrons. The zero-order chi connectivity index (χ0) is 12.2. The fraction of sp³-hybridized carbons (Fsp3) is 0.333. The largest absolute Gasteiger partial charge is 0.241 e. The van der Waals surface area contributed by atoms with Gasteiger partial charge in [-0.3, -0.25) is 0 Å². The number of hydrogen-bond acceptors (Lipinski definition) is 2. The smallest absolute Gasteiger partial charge is 0.211 e. The molecule has 0 saturated carbocycles. The van der Waals surface area contributed by atoms with E-state index in [0.29, 0.717) is 11.0 Å². The summed E-state index contributed by atoms with van der Waals surface area (Å²) in [5.41, 5.74) is 0. The van der Waals surface area contributed by atoms with Crippen LogP contribution in [0.1, 0.15) is 6.42 Å². The van der Waals surface area contributed by atoms with Crippen LogP contribution in [0.4, 0.5) is 0 Å². The molecule has 0 heterocycles. The summed E-state index contributed by atoms with van der Waals surface area (Å²) in [5.74, 6) is 0. The molecule has 16 heavy (non-hydrogen) atoms. The van der Waals surface area contributed by atoms with Gasteiger partial charge in [0.05, 0.1) is 4.90 Å². The Kier molecular flexibility index (Phi) is 5.93. The second-order valence-corrected chi connectivity index (χ2v) is 7.31. The molecule has 1 aromatic carbocycles. The summed E-state index contributed by atoms with van der Waals surface area (Å²) in [6, 6.07) is 5.05. The highest BCUT2D eigenvalue weighted by atomic mass is 79.9. The van der Waals surface area contributed by atoms with Gasteiger partial charge in [-0.05, 0) is 40.5 Å². The minimum absolute atomic E-state index is 0.247. The van der Waals surface area contributed by atoms with Gasteiger partial charge in [-0.2, -0.15) is 0 Å². The molecule has 0 aliphatic carbocycles. The highest BCUT2D eigenvalue weighted by Gasteiger charge is 2.17. The topological polar surface area (TPSA) is 46.2 Å². The molecule has 0 bridgehead atoms. The molecular formula is C9H10Br3NO2S. The zero-order valence-electron chi connectivity index (χ0n) is 8.21. The van der Waals surface area contributed by atoms with E-state index in [9.17, 15) is 8.42 Å². The van der Waals surface area contributed by atoms with E-state index in [2.05, 4.69) is 52.5 Å². The van der Waals surface area contributed by atoms with Crippen molar-refractivity contribution in [3.63, 3.8) is 0 Å². The Bertz CT molecular complexity index is 462. The summed E-state index contributed by atoms with van der Waals surface area (Å²) in [5, 5.41) is 0.773.